The summed E-state index contributed by atoms with van der Waals surface area (Å²) in [4.78, 5) is 12.1. The van der Waals surface area contributed by atoms with Crippen molar-refractivity contribution in [2.24, 2.45) is 0 Å². The molecule has 0 aliphatic carbocycles. The van der Waals surface area contributed by atoms with Gasteiger partial charge in [-0.25, -0.2) is 4.79 Å². The molecule has 0 atom stereocenters. The van der Waals surface area contributed by atoms with Crippen molar-refractivity contribution in [3.8, 4) is 5.75 Å². The molecule has 90 valence electrons. The number of carboxylic acid groups (broad SMARTS) is 1. The van der Waals surface area contributed by atoms with E-state index >= 15 is 0 Å². The normalized spacial score (nSPS) is 15.6. The highest BCUT2D eigenvalue weighted by Gasteiger charge is 2.16. The lowest BCUT2D eigenvalue weighted by molar-refractivity contribution is 0.150. The fourth-order valence-corrected chi connectivity index (χ4v) is 1.96. The molecule has 1 aliphatic rings. The van der Waals surface area contributed by atoms with Crippen molar-refractivity contribution in [1.29, 1.82) is 0 Å². The smallest absolute Gasteiger partial charge is 0.407 e. The molecule has 0 aromatic heterocycles. The van der Waals surface area contributed by atoms with Crippen molar-refractivity contribution in [3.63, 3.8) is 0 Å². The Morgan fingerprint density at radius 2 is 2.18 bits per heavy atom. The number of nitrogens with zero attached hydrogens (tertiary/aromatic N) is 1. The molecular weight excluding hydrogens is 218 g/mol. The van der Waals surface area contributed by atoms with E-state index in [0.717, 1.165) is 23.1 Å². The maximum absolute atomic E-state index is 10.8. The fourth-order valence-electron chi connectivity index (χ4n) is 1.96. The molecule has 1 aliphatic heterocycles. The molecular formula is C13H15NO3. The van der Waals surface area contributed by atoms with Gasteiger partial charge in [0.25, 0.3) is 0 Å². The standard InChI is InChI=1S/C13H15NO3/c1-9-8-11(2-3-12(9)15)10-4-6-14(7-5-10)13(16)17/h2-4,8,15H,5-7H2,1H3,(H,16,17). The molecule has 2 N–H and O–H groups in total. The second kappa shape index (κ2) is 4.49. The molecule has 0 spiro atoms. The summed E-state index contributed by atoms with van der Waals surface area (Å²) >= 11 is 0. The lowest BCUT2D eigenvalue weighted by Gasteiger charge is -2.24. The molecule has 1 amide bonds. The van der Waals surface area contributed by atoms with E-state index in [0.29, 0.717) is 13.1 Å². The third-order valence-electron chi connectivity index (χ3n) is 3.05. The zero-order valence-corrected chi connectivity index (χ0v) is 9.68. The Bertz CT molecular complexity index is 480. The Morgan fingerprint density at radius 3 is 2.71 bits per heavy atom. The van der Waals surface area contributed by atoms with Crippen LogP contribution in [0.1, 0.15) is 17.5 Å². The van der Waals surface area contributed by atoms with E-state index in [-0.39, 0.29) is 5.75 Å². The molecule has 2 rings (SSSR count). The SMILES string of the molecule is Cc1cc(C2=CCN(C(=O)O)CC2)ccc1O. The van der Waals surface area contributed by atoms with Crippen molar-refractivity contribution < 1.29 is 15.0 Å². The predicted octanol–water partition coefficient (Wildman–Crippen LogP) is 2.47. The summed E-state index contributed by atoms with van der Waals surface area (Å²) in [5.74, 6) is 0.289. The number of aromatic hydroxyl groups is 1. The van der Waals surface area contributed by atoms with Crippen LogP contribution in [0.25, 0.3) is 5.57 Å². The number of phenolic OH excluding ortho intramolecular Hbond substituents is 1. The highest BCUT2D eigenvalue weighted by molar-refractivity contribution is 5.71. The molecule has 1 heterocycles. The van der Waals surface area contributed by atoms with Crippen LogP contribution in [-0.2, 0) is 0 Å². The average Bonchev–Trinajstić information content (AvgIpc) is 2.33. The van der Waals surface area contributed by atoms with Crippen LogP contribution in [0.3, 0.4) is 0 Å². The van der Waals surface area contributed by atoms with Gasteiger partial charge in [-0.15, -0.1) is 0 Å². The molecule has 4 heteroatoms. The van der Waals surface area contributed by atoms with Gasteiger partial charge in [0.05, 0.1) is 0 Å². The molecule has 0 bridgehead atoms. The zero-order chi connectivity index (χ0) is 12.4. The second-order valence-electron chi connectivity index (χ2n) is 4.21. The zero-order valence-electron chi connectivity index (χ0n) is 9.68. The predicted molar refractivity (Wildman–Crippen MR) is 65.0 cm³/mol. The van der Waals surface area contributed by atoms with Crippen molar-refractivity contribution in [1.82, 2.24) is 4.90 Å². The summed E-state index contributed by atoms with van der Waals surface area (Å²) in [6.07, 6.45) is 1.78. The molecule has 1 aromatic carbocycles. The first kappa shape index (κ1) is 11.5. The summed E-state index contributed by atoms with van der Waals surface area (Å²) < 4.78 is 0. The molecule has 4 nitrogen and oxygen atoms in total. The van der Waals surface area contributed by atoms with Crippen LogP contribution in [0.2, 0.25) is 0 Å². The topological polar surface area (TPSA) is 60.8 Å². The van der Waals surface area contributed by atoms with Crippen LogP contribution in [0.5, 0.6) is 5.75 Å². The van der Waals surface area contributed by atoms with E-state index in [4.69, 9.17) is 5.11 Å². The maximum Gasteiger partial charge on any atom is 0.407 e. The first-order valence-electron chi connectivity index (χ1n) is 5.55. The summed E-state index contributed by atoms with van der Waals surface area (Å²) in [6.45, 7) is 2.82. The molecule has 0 saturated carbocycles. The minimum Gasteiger partial charge on any atom is -0.508 e. The van der Waals surface area contributed by atoms with Crippen LogP contribution in [0, 0.1) is 6.92 Å². The highest BCUT2D eigenvalue weighted by atomic mass is 16.4. The Kier molecular flexibility index (Phi) is 3.04. The van der Waals surface area contributed by atoms with Gasteiger partial charge in [-0.2, -0.15) is 0 Å². The summed E-state index contributed by atoms with van der Waals surface area (Å²) in [7, 11) is 0. The summed E-state index contributed by atoms with van der Waals surface area (Å²) in [5, 5.41) is 18.3. The molecule has 0 radical (unpaired) electrons. The minimum absolute atomic E-state index is 0.289. The maximum atomic E-state index is 10.8. The Hall–Kier alpha value is -1.97. The van der Waals surface area contributed by atoms with E-state index in [1.807, 2.05) is 25.1 Å². The average molecular weight is 233 g/mol. The van der Waals surface area contributed by atoms with Gasteiger partial charge in [0.15, 0.2) is 0 Å². The van der Waals surface area contributed by atoms with Gasteiger partial charge in [0, 0.05) is 13.1 Å². The Morgan fingerprint density at radius 1 is 1.41 bits per heavy atom. The molecule has 0 fully saturated rings. The third kappa shape index (κ3) is 2.41. The number of hydrogen-bond donors (Lipinski definition) is 2. The van der Waals surface area contributed by atoms with Crippen LogP contribution < -0.4 is 0 Å². The van der Waals surface area contributed by atoms with Gasteiger partial charge in [0.1, 0.15) is 5.75 Å². The molecule has 0 saturated heterocycles. The number of hydrogen-bond acceptors (Lipinski definition) is 2. The van der Waals surface area contributed by atoms with Crippen LogP contribution in [-0.4, -0.2) is 34.3 Å². The van der Waals surface area contributed by atoms with Crippen LogP contribution >= 0.6 is 0 Å². The Balaban J connectivity index is 2.19. The molecule has 17 heavy (non-hydrogen) atoms. The van der Waals surface area contributed by atoms with E-state index in [1.165, 1.54) is 4.90 Å². The van der Waals surface area contributed by atoms with Gasteiger partial charge < -0.3 is 15.1 Å². The number of carbonyl (C=O) groups is 1. The van der Waals surface area contributed by atoms with E-state index < -0.39 is 6.09 Å². The minimum atomic E-state index is -0.873. The fraction of sp³-hybridized carbons (Fsp3) is 0.308. The molecule has 1 aromatic rings. The Labute approximate surface area is 99.8 Å². The van der Waals surface area contributed by atoms with Crippen molar-refractivity contribution in [2.45, 2.75) is 13.3 Å². The number of rotatable bonds is 1. The number of phenols is 1. The lowest BCUT2D eigenvalue weighted by atomic mass is 9.98. The first-order chi connectivity index (χ1) is 8.08. The van der Waals surface area contributed by atoms with Gasteiger partial charge >= 0.3 is 6.09 Å². The van der Waals surface area contributed by atoms with E-state index in [1.54, 1.807) is 6.07 Å². The van der Waals surface area contributed by atoms with Crippen molar-refractivity contribution in [3.05, 3.63) is 35.4 Å². The van der Waals surface area contributed by atoms with Gasteiger partial charge in [-0.3, -0.25) is 0 Å². The highest BCUT2D eigenvalue weighted by Crippen LogP contribution is 2.26. The van der Waals surface area contributed by atoms with Gasteiger partial charge in [-0.05, 0) is 42.2 Å². The number of benzene rings is 1. The van der Waals surface area contributed by atoms with Crippen molar-refractivity contribution >= 4 is 11.7 Å². The van der Waals surface area contributed by atoms with E-state index in [9.17, 15) is 9.90 Å². The first-order valence-corrected chi connectivity index (χ1v) is 5.55. The number of amides is 1. The largest absolute Gasteiger partial charge is 0.508 e. The monoisotopic (exact) mass is 233 g/mol. The van der Waals surface area contributed by atoms with Gasteiger partial charge in [0.2, 0.25) is 0 Å². The number of aryl methyl sites for hydroxylation is 1. The second-order valence-corrected chi connectivity index (χ2v) is 4.21. The van der Waals surface area contributed by atoms with E-state index in [2.05, 4.69) is 0 Å². The lowest BCUT2D eigenvalue weighted by Crippen LogP contribution is -2.33. The van der Waals surface area contributed by atoms with Crippen LogP contribution in [0.4, 0.5) is 4.79 Å². The quantitative estimate of drug-likeness (QED) is 0.783. The summed E-state index contributed by atoms with van der Waals surface area (Å²) in [5.41, 5.74) is 3.04. The van der Waals surface area contributed by atoms with Crippen LogP contribution in [0.15, 0.2) is 24.3 Å². The third-order valence-corrected chi connectivity index (χ3v) is 3.05. The summed E-state index contributed by atoms with van der Waals surface area (Å²) in [6, 6.07) is 5.47. The molecule has 0 unspecified atom stereocenters. The van der Waals surface area contributed by atoms with Crippen molar-refractivity contribution in [2.75, 3.05) is 13.1 Å². The van der Waals surface area contributed by atoms with Gasteiger partial charge in [-0.1, -0.05) is 12.1 Å².